The highest BCUT2D eigenvalue weighted by Gasteiger charge is 2.29. The first kappa shape index (κ1) is 18.3. The molecule has 0 saturated carbocycles. The molecule has 1 aliphatic heterocycles. The molecular weight excluding hydrogens is 314 g/mol. The highest BCUT2D eigenvalue weighted by molar-refractivity contribution is 7.80. The minimum atomic E-state index is -4.41. The molecule has 1 aromatic rings. The lowest BCUT2D eigenvalue weighted by Crippen LogP contribution is -2.48. The summed E-state index contributed by atoms with van der Waals surface area (Å²) in [5.41, 5.74) is 5.01. The Morgan fingerprint density at radius 1 is 1.55 bits per heavy atom. The van der Waals surface area contributed by atoms with Gasteiger partial charge in [0.2, 0.25) is 10.4 Å². The molecule has 0 spiro atoms. The van der Waals surface area contributed by atoms with Gasteiger partial charge in [-0.05, 0) is 19.8 Å². The molecule has 1 amide bonds. The van der Waals surface area contributed by atoms with E-state index in [-0.39, 0.29) is 17.2 Å². The van der Waals surface area contributed by atoms with Crippen molar-refractivity contribution < 1.29 is 26.5 Å². The first-order chi connectivity index (χ1) is 10.1. The molecule has 22 heavy (non-hydrogen) atoms. The Bertz CT molecular complexity index is 725. The molecule has 2 heterocycles. The molecule has 2 N–H and O–H groups in total. The van der Waals surface area contributed by atoms with Crippen LogP contribution in [0.15, 0.2) is 11.0 Å². The molecule has 0 aromatic carbocycles. The molecule has 1 unspecified atom stereocenters. The van der Waals surface area contributed by atoms with Gasteiger partial charge in [-0.1, -0.05) is 0 Å². The molecule has 1 aliphatic rings. The van der Waals surface area contributed by atoms with Gasteiger partial charge in [0.15, 0.2) is 5.56 Å². The number of hydrogen-bond donors (Lipinski definition) is 1. The van der Waals surface area contributed by atoms with Crippen LogP contribution in [0.25, 0.3) is 0 Å². The average molecular weight is 333 g/mol. The number of aryl methyl sites for hydroxylation is 1. The average Bonchev–Trinajstić information content (AvgIpc) is 2.42. The van der Waals surface area contributed by atoms with E-state index >= 15 is 0 Å². The molecule has 1 aromatic heterocycles. The second kappa shape index (κ2) is 6.99. The number of aromatic nitrogens is 2. The van der Waals surface area contributed by atoms with Crippen LogP contribution >= 0.6 is 0 Å². The minimum Gasteiger partial charge on any atom is -0.726 e. The minimum absolute atomic E-state index is 0.0694. The van der Waals surface area contributed by atoms with Crippen molar-refractivity contribution in [3.05, 3.63) is 27.9 Å². The number of amides is 1. The van der Waals surface area contributed by atoms with Crippen molar-refractivity contribution in [2.24, 2.45) is 12.8 Å². The molecule has 0 aliphatic carbocycles. The maximum absolute atomic E-state index is 12.1. The van der Waals surface area contributed by atoms with E-state index in [2.05, 4.69) is 4.18 Å². The number of fused-ring (bicyclic) bond motifs is 1. The molecule has 0 fully saturated rings. The van der Waals surface area contributed by atoms with Crippen molar-refractivity contribution in [3.8, 4) is 0 Å². The van der Waals surface area contributed by atoms with Gasteiger partial charge < -0.3 is 10.3 Å². The van der Waals surface area contributed by atoms with Crippen LogP contribution in [0.2, 0.25) is 0 Å². The van der Waals surface area contributed by atoms with Crippen molar-refractivity contribution in [1.82, 2.24) is 4.57 Å². The summed E-state index contributed by atoms with van der Waals surface area (Å²) in [6.45, 7) is 1.99. The molecule has 0 saturated heterocycles. The monoisotopic (exact) mass is 333 g/mol. The summed E-state index contributed by atoms with van der Waals surface area (Å²) in [6, 6.07) is 0.141. The highest BCUT2D eigenvalue weighted by atomic mass is 32.3. The molecule has 2 rings (SSSR count). The van der Waals surface area contributed by atoms with Crippen molar-refractivity contribution in [2.75, 3.05) is 7.11 Å². The summed E-state index contributed by atoms with van der Waals surface area (Å²) in [5, 5.41) is 0. The number of nitrogens with two attached hydrogens (primary N) is 1. The second-order valence-corrected chi connectivity index (χ2v) is 6.08. The Morgan fingerprint density at radius 2 is 2.09 bits per heavy atom. The van der Waals surface area contributed by atoms with Crippen LogP contribution < -0.4 is 15.9 Å². The van der Waals surface area contributed by atoms with Crippen molar-refractivity contribution in [1.29, 1.82) is 0 Å². The molecule has 124 valence electrons. The van der Waals surface area contributed by atoms with Crippen LogP contribution in [-0.4, -0.2) is 30.6 Å². The van der Waals surface area contributed by atoms with Gasteiger partial charge in [-0.2, -0.15) is 4.57 Å². The van der Waals surface area contributed by atoms with E-state index in [0.717, 1.165) is 32.2 Å². The molecule has 10 heteroatoms. The Hall–Kier alpha value is -1.78. The Labute approximate surface area is 128 Å². The second-order valence-electron chi connectivity index (χ2n) is 4.93. The van der Waals surface area contributed by atoms with Gasteiger partial charge in [-0.3, -0.25) is 8.98 Å². The van der Waals surface area contributed by atoms with Crippen LogP contribution in [0.1, 0.15) is 42.0 Å². The zero-order chi connectivity index (χ0) is 17.1. The fraction of sp³-hybridized carbons (Fsp3) is 0.583. The third kappa shape index (κ3) is 4.36. The fourth-order valence-electron chi connectivity index (χ4n) is 2.35. The van der Waals surface area contributed by atoms with Gasteiger partial charge in [0.05, 0.1) is 14.2 Å². The zero-order valence-corrected chi connectivity index (χ0v) is 13.4. The van der Waals surface area contributed by atoms with E-state index in [1.165, 1.54) is 6.20 Å². The molecule has 0 radical (unpaired) electrons. The lowest BCUT2D eigenvalue weighted by atomic mass is 10.0. The van der Waals surface area contributed by atoms with Crippen LogP contribution in [-0.2, 0) is 28.1 Å². The van der Waals surface area contributed by atoms with E-state index in [1.54, 1.807) is 4.57 Å². The third-order valence-electron chi connectivity index (χ3n) is 3.39. The number of rotatable bonds is 2. The van der Waals surface area contributed by atoms with E-state index in [9.17, 15) is 22.6 Å². The van der Waals surface area contributed by atoms with Crippen LogP contribution in [0.4, 0.5) is 0 Å². The molecule has 0 bridgehead atoms. The highest BCUT2D eigenvalue weighted by Crippen LogP contribution is 2.19. The van der Waals surface area contributed by atoms with Crippen LogP contribution in [0.3, 0.4) is 0 Å². The van der Waals surface area contributed by atoms with E-state index in [1.807, 2.05) is 18.5 Å². The van der Waals surface area contributed by atoms with Gasteiger partial charge in [0.1, 0.15) is 12.2 Å². The number of carbonyl (C=O) groups is 1. The fourth-order valence-corrected chi connectivity index (χ4v) is 2.35. The van der Waals surface area contributed by atoms with E-state index < -0.39 is 16.3 Å². The van der Waals surface area contributed by atoms with Gasteiger partial charge >= 0.3 is 5.56 Å². The van der Waals surface area contributed by atoms with E-state index in [0.29, 0.717) is 0 Å². The Kier molecular flexibility index (Phi) is 5.80. The van der Waals surface area contributed by atoms with Crippen LogP contribution in [0.5, 0.6) is 0 Å². The number of carbonyl (C=O) groups excluding carboxylic acids is 1. The van der Waals surface area contributed by atoms with Gasteiger partial charge in [0.25, 0.3) is 11.7 Å². The largest absolute Gasteiger partial charge is 0.726 e. The lowest BCUT2D eigenvalue weighted by molar-refractivity contribution is -0.685. The normalized spacial score (nSPS) is 17.2. The summed E-state index contributed by atoms with van der Waals surface area (Å²) in [6.07, 6.45) is 4.45. The SMILES string of the molecule is CC1CCCc2n1c(=O)c(C(N)=O)c[n+]2C.COS(=O)(=O)[O-]. The third-order valence-corrected chi connectivity index (χ3v) is 3.80. The number of nitrogens with zero attached hydrogens (tertiary/aromatic N) is 2. The summed E-state index contributed by atoms with van der Waals surface area (Å²) in [7, 11) is -1.76. The summed E-state index contributed by atoms with van der Waals surface area (Å²) < 4.78 is 34.5. The Balaban J connectivity index is 0.000000346. The lowest BCUT2D eigenvalue weighted by Gasteiger charge is -2.19. The standard InChI is InChI=1S/C11H15N3O2.CH4O4S/c1-7-4-3-5-9-13(2)6-8(10(12)15)11(16)14(7)9;1-5-6(2,3)4/h6-7H,3-5H2,1-2H3,(H-,12,15);1H3,(H,2,3,4). The first-order valence-electron chi connectivity index (χ1n) is 6.53. The molecule has 1 atom stereocenters. The number of primary amides is 1. The maximum Gasteiger partial charge on any atom is 0.350 e. The van der Waals surface area contributed by atoms with E-state index in [4.69, 9.17) is 5.73 Å². The topological polar surface area (TPSA) is 135 Å². The molecule has 9 nitrogen and oxygen atoms in total. The maximum atomic E-state index is 12.1. The predicted molar refractivity (Wildman–Crippen MR) is 74.8 cm³/mol. The Morgan fingerprint density at radius 3 is 2.55 bits per heavy atom. The van der Waals surface area contributed by atoms with Gasteiger partial charge in [-0.15, -0.1) is 0 Å². The summed E-state index contributed by atoms with van der Waals surface area (Å²) in [4.78, 5) is 23.2. The predicted octanol–water partition coefficient (Wildman–Crippen LogP) is -1.24. The van der Waals surface area contributed by atoms with Gasteiger partial charge in [0, 0.05) is 6.42 Å². The first-order valence-corrected chi connectivity index (χ1v) is 7.87. The van der Waals surface area contributed by atoms with Crippen LogP contribution in [0, 0.1) is 0 Å². The van der Waals surface area contributed by atoms with Crippen molar-refractivity contribution in [3.63, 3.8) is 0 Å². The number of hydrogen-bond acceptors (Lipinski definition) is 6. The van der Waals surface area contributed by atoms with Crippen molar-refractivity contribution >= 4 is 16.3 Å². The molecular formula is C12H19N3O6S. The summed E-state index contributed by atoms with van der Waals surface area (Å²) in [5.74, 6) is 0.308. The quantitative estimate of drug-likeness (QED) is 0.408. The summed E-state index contributed by atoms with van der Waals surface area (Å²) >= 11 is 0. The van der Waals surface area contributed by atoms with Gasteiger partial charge in [-0.25, -0.2) is 17.8 Å². The van der Waals surface area contributed by atoms with Crippen molar-refractivity contribution in [2.45, 2.75) is 32.2 Å². The smallest absolute Gasteiger partial charge is 0.350 e. The zero-order valence-electron chi connectivity index (χ0n) is 12.6.